The van der Waals surface area contributed by atoms with E-state index in [0.717, 1.165) is 24.1 Å². The standard InChI is InChI=1S/C27H26N2O6/c1-33-23-9-4-8-21(16-23)28-25(30)17-34-22-13-11-20(12-14-22)27(32)35-18-26(31)29-15-5-7-19-6-2-3-10-24(19)29/h2-4,6,8-14,16H,5,7,15,17-18H2,1H3,(H,28,30). The van der Waals surface area contributed by atoms with Gasteiger partial charge in [0.25, 0.3) is 11.8 Å². The number of rotatable bonds is 8. The molecule has 0 unspecified atom stereocenters. The first-order valence-corrected chi connectivity index (χ1v) is 11.3. The summed E-state index contributed by atoms with van der Waals surface area (Å²) in [5.74, 6) is -0.144. The number of hydrogen-bond donors (Lipinski definition) is 1. The van der Waals surface area contributed by atoms with E-state index in [1.807, 2.05) is 24.3 Å². The molecule has 1 aliphatic heterocycles. The van der Waals surface area contributed by atoms with E-state index >= 15 is 0 Å². The van der Waals surface area contributed by atoms with E-state index in [2.05, 4.69) is 5.32 Å². The Hall–Kier alpha value is -4.33. The Labute approximate surface area is 203 Å². The second-order valence-electron chi connectivity index (χ2n) is 7.95. The summed E-state index contributed by atoms with van der Waals surface area (Å²) in [6.45, 7) is 0.0630. The van der Waals surface area contributed by atoms with Crippen LogP contribution in [0.1, 0.15) is 22.3 Å². The van der Waals surface area contributed by atoms with Gasteiger partial charge < -0.3 is 24.4 Å². The lowest BCUT2D eigenvalue weighted by Gasteiger charge is -2.29. The molecule has 1 heterocycles. The van der Waals surface area contributed by atoms with Gasteiger partial charge in [-0.05, 0) is 60.9 Å². The summed E-state index contributed by atoms with van der Waals surface area (Å²) in [6, 6.07) is 20.9. The van der Waals surface area contributed by atoms with Gasteiger partial charge in [-0.15, -0.1) is 0 Å². The number of carbonyl (C=O) groups excluding carboxylic acids is 3. The highest BCUT2D eigenvalue weighted by Crippen LogP contribution is 2.26. The van der Waals surface area contributed by atoms with E-state index in [-0.39, 0.29) is 30.6 Å². The van der Waals surface area contributed by atoms with Crippen LogP contribution in [0.15, 0.2) is 72.8 Å². The largest absolute Gasteiger partial charge is 0.497 e. The van der Waals surface area contributed by atoms with Crippen LogP contribution in [0.5, 0.6) is 11.5 Å². The molecule has 0 fully saturated rings. The average molecular weight is 475 g/mol. The number of nitrogens with zero attached hydrogens (tertiary/aromatic N) is 1. The van der Waals surface area contributed by atoms with Crippen LogP contribution in [-0.2, 0) is 20.7 Å². The van der Waals surface area contributed by atoms with Gasteiger partial charge in [-0.1, -0.05) is 24.3 Å². The van der Waals surface area contributed by atoms with Gasteiger partial charge in [0.1, 0.15) is 11.5 Å². The first kappa shape index (κ1) is 23.8. The number of ether oxygens (including phenoxy) is 3. The third kappa shape index (κ3) is 6.17. The number of benzene rings is 3. The lowest BCUT2D eigenvalue weighted by atomic mass is 10.0. The highest BCUT2D eigenvalue weighted by molar-refractivity contribution is 5.98. The normalized spacial score (nSPS) is 12.3. The third-order valence-corrected chi connectivity index (χ3v) is 5.55. The molecule has 1 N–H and O–H groups in total. The van der Waals surface area contributed by atoms with E-state index < -0.39 is 5.97 Å². The Balaban J connectivity index is 1.25. The highest BCUT2D eigenvalue weighted by Gasteiger charge is 2.23. The maximum atomic E-state index is 12.7. The van der Waals surface area contributed by atoms with Crippen LogP contribution >= 0.6 is 0 Å². The number of anilines is 2. The minimum Gasteiger partial charge on any atom is -0.497 e. The van der Waals surface area contributed by atoms with Gasteiger partial charge in [0.15, 0.2) is 13.2 Å². The fourth-order valence-corrected chi connectivity index (χ4v) is 3.82. The number of carbonyl (C=O) groups is 3. The van der Waals surface area contributed by atoms with Crippen LogP contribution in [0.4, 0.5) is 11.4 Å². The predicted octanol–water partition coefficient (Wildman–Crippen LogP) is 3.85. The first-order valence-electron chi connectivity index (χ1n) is 11.3. The molecule has 2 amide bonds. The molecule has 180 valence electrons. The molecule has 0 aromatic heterocycles. The molecule has 0 bridgehead atoms. The highest BCUT2D eigenvalue weighted by atomic mass is 16.5. The number of fused-ring (bicyclic) bond motifs is 1. The van der Waals surface area contributed by atoms with Gasteiger partial charge in [-0.25, -0.2) is 4.79 Å². The molecule has 0 saturated carbocycles. The summed E-state index contributed by atoms with van der Waals surface area (Å²) in [7, 11) is 1.55. The molecule has 4 rings (SSSR count). The summed E-state index contributed by atoms with van der Waals surface area (Å²) in [4.78, 5) is 38.8. The Morgan fingerprint density at radius 2 is 1.71 bits per heavy atom. The van der Waals surface area contributed by atoms with Crippen molar-refractivity contribution in [2.24, 2.45) is 0 Å². The van der Waals surface area contributed by atoms with Crippen molar-refractivity contribution < 1.29 is 28.6 Å². The van der Waals surface area contributed by atoms with E-state index in [1.165, 1.54) is 12.1 Å². The van der Waals surface area contributed by atoms with E-state index in [4.69, 9.17) is 14.2 Å². The molecular weight excluding hydrogens is 448 g/mol. The smallest absolute Gasteiger partial charge is 0.338 e. The molecule has 3 aromatic rings. The van der Waals surface area contributed by atoms with Crippen LogP contribution in [0.25, 0.3) is 0 Å². The van der Waals surface area contributed by atoms with Crippen LogP contribution in [0, 0.1) is 0 Å². The van der Waals surface area contributed by atoms with Gasteiger partial charge in [-0.3, -0.25) is 9.59 Å². The Bertz CT molecular complexity index is 1210. The zero-order valence-electron chi connectivity index (χ0n) is 19.4. The second-order valence-corrected chi connectivity index (χ2v) is 7.95. The number of amides is 2. The number of nitrogens with one attached hydrogen (secondary N) is 1. The maximum Gasteiger partial charge on any atom is 0.338 e. The SMILES string of the molecule is COc1cccc(NC(=O)COc2ccc(C(=O)OCC(=O)N3CCCc4ccccc43)cc2)c1. The summed E-state index contributed by atoms with van der Waals surface area (Å²) in [5.41, 5.74) is 2.87. The monoisotopic (exact) mass is 474 g/mol. The van der Waals surface area contributed by atoms with Crippen molar-refractivity contribution >= 4 is 29.2 Å². The Morgan fingerprint density at radius 1 is 0.914 bits per heavy atom. The molecule has 3 aromatic carbocycles. The quantitative estimate of drug-likeness (QED) is 0.499. The minimum absolute atomic E-state index is 0.202. The van der Waals surface area contributed by atoms with Crippen LogP contribution in [-0.4, -0.2) is 44.7 Å². The predicted molar refractivity (Wildman–Crippen MR) is 131 cm³/mol. The molecule has 0 aliphatic carbocycles. The lowest BCUT2D eigenvalue weighted by Crippen LogP contribution is -2.38. The van der Waals surface area contributed by atoms with Crippen molar-refractivity contribution in [1.82, 2.24) is 0 Å². The maximum absolute atomic E-state index is 12.7. The van der Waals surface area contributed by atoms with Crippen molar-refractivity contribution in [2.75, 3.05) is 37.1 Å². The van der Waals surface area contributed by atoms with Gasteiger partial charge in [-0.2, -0.15) is 0 Å². The molecule has 0 spiro atoms. The molecule has 0 saturated heterocycles. The van der Waals surface area contributed by atoms with Crippen LogP contribution in [0.2, 0.25) is 0 Å². The van der Waals surface area contributed by atoms with Gasteiger partial charge in [0.05, 0.1) is 12.7 Å². The van der Waals surface area contributed by atoms with Gasteiger partial charge in [0.2, 0.25) is 0 Å². The minimum atomic E-state index is -0.606. The number of esters is 1. The number of hydrogen-bond acceptors (Lipinski definition) is 6. The average Bonchev–Trinajstić information content (AvgIpc) is 2.90. The molecule has 8 heteroatoms. The fourth-order valence-electron chi connectivity index (χ4n) is 3.82. The van der Waals surface area contributed by atoms with Crippen molar-refractivity contribution in [3.05, 3.63) is 83.9 Å². The molecule has 8 nitrogen and oxygen atoms in total. The summed E-state index contributed by atoms with van der Waals surface area (Å²) >= 11 is 0. The summed E-state index contributed by atoms with van der Waals surface area (Å²) < 4.78 is 15.9. The first-order chi connectivity index (χ1) is 17.0. The van der Waals surface area contributed by atoms with Gasteiger partial charge >= 0.3 is 5.97 Å². The van der Waals surface area contributed by atoms with Crippen molar-refractivity contribution in [2.45, 2.75) is 12.8 Å². The van der Waals surface area contributed by atoms with Crippen LogP contribution in [0.3, 0.4) is 0 Å². The van der Waals surface area contributed by atoms with E-state index in [0.29, 0.717) is 23.7 Å². The third-order valence-electron chi connectivity index (χ3n) is 5.55. The zero-order chi connectivity index (χ0) is 24.6. The lowest BCUT2D eigenvalue weighted by molar-refractivity contribution is -0.121. The fraction of sp³-hybridized carbons (Fsp3) is 0.222. The molecule has 0 atom stereocenters. The summed E-state index contributed by atoms with van der Waals surface area (Å²) in [6.07, 6.45) is 1.80. The molecule has 0 radical (unpaired) electrons. The van der Waals surface area contributed by atoms with Crippen molar-refractivity contribution in [3.63, 3.8) is 0 Å². The number of para-hydroxylation sites is 1. The van der Waals surface area contributed by atoms with Crippen molar-refractivity contribution in [1.29, 1.82) is 0 Å². The van der Waals surface area contributed by atoms with E-state index in [1.54, 1.807) is 48.4 Å². The van der Waals surface area contributed by atoms with Crippen molar-refractivity contribution in [3.8, 4) is 11.5 Å². The number of methoxy groups -OCH3 is 1. The van der Waals surface area contributed by atoms with Crippen LogP contribution < -0.4 is 19.7 Å². The Morgan fingerprint density at radius 3 is 2.51 bits per heavy atom. The van der Waals surface area contributed by atoms with Gasteiger partial charge in [0, 0.05) is 24.0 Å². The number of aryl methyl sites for hydroxylation is 1. The van der Waals surface area contributed by atoms with E-state index in [9.17, 15) is 14.4 Å². The molecular formula is C27H26N2O6. The zero-order valence-corrected chi connectivity index (χ0v) is 19.4. The molecule has 35 heavy (non-hydrogen) atoms. The summed E-state index contributed by atoms with van der Waals surface area (Å²) in [5, 5.41) is 2.72. The topological polar surface area (TPSA) is 94.2 Å². The molecule has 1 aliphatic rings. The Kier molecular flexibility index (Phi) is 7.62. The second kappa shape index (κ2) is 11.2.